The molecule has 0 aliphatic heterocycles. The van der Waals surface area contributed by atoms with Crippen LogP contribution in [0.15, 0.2) is 72.9 Å². The summed E-state index contributed by atoms with van der Waals surface area (Å²) in [5.74, 6) is 0.500. The van der Waals surface area contributed by atoms with E-state index in [0.717, 1.165) is 42.4 Å². The molecule has 7 nitrogen and oxygen atoms in total. The molecule has 4 rings (SSSR count). The number of ether oxygens (including phenoxy) is 2. The van der Waals surface area contributed by atoms with Crippen molar-refractivity contribution in [2.45, 2.75) is 45.3 Å². The smallest absolute Gasteiger partial charge is 0.292 e. The molecule has 3 aromatic rings. The zero-order valence-electron chi connectivity index (χ0n) is 22.2. The SMILES string of the molecule is C/C=C/c1cccc(N(C(=O)C2CCCCC2)C(O)c2ccc(-c3ccc(OC)nc3)cc2)c1.COC=O. The van der Waals surface area contributed by atoms with Gasteiger partial charge in [-0.1, -0.05) is 67.8 Å². The van der Waals surface area contributed by atoms with Crippen LogP contribution in [0.5, 0.6) is 5.88 Å². The van der Waals surface area contributed by atoms with Crippen LogP contribution in [0.2, 0.25) is 0 Å². The topological polar surface area (TPSA) is 89.0 Å². The Balaban J connectivity index is 0.000000934. The number of nitrogens with zero attached hydrogens (tertiary/aromatic N) is 2. The van der Waals surface area contributed by atoms with Crippen LogP contribution in [0, 0.1) is 5.92 Å². The second kappa shape index (κ2) is 14.7. The van der Waals surface area contributed by atoms with E-state index in [1.54, 1.807) is 18.2 Å². The molecule has 0 radical (unpaired) electrons. The maximum atomic E-state index is 13.7. The third kappa shape index (κ3) is 7.52. The van der Waals surface area contributed by atoms with Crippen molar-refractivity contribution >= 4 is 24.1 Å². The lowest BCUT2D eigenvalue weighted by Crippen LogP contribution is -2.40. The van der Waals surface area contributed by atoms with Crippen LogP contribution < -0.4 is 9.64 Å². The van der Waals surface area contributed by atoms with Gasteiger partial charge in [-0.2, -0.15) is 0 Å². The lowest BCUT2D eigenvalue weighted by Gasteiger charge is -2.33. The lowest BCUT2D eigenvalue weighted by molar-refractivity contribution is -0.126. The molecule has 1 fully saturated rings. The molecule has 1 unspecified atom stereocenters. The van der Waals surface area contributed by atoms with Crippen LogP contribution in [-0.4, -0.2) is 36.7 Å². The number of pyridine rings is 1. The van der Waals surface area contributed by atoms with Gasteiger partial charge in [0.1, 0.15) is 0 Å². The fraction of sp³-hybridized carbons (Fsp3) is 0.323. The predicted octanol–water partition coefficient (Wildman–Crippen LogP) is 6.18. The molecule has 7 heteroatoms. The average Bonchev–Trinajstić information content (AvgIpc) is 2.98. The third-order valence-corrected chi connectivity index (χ3v) is 6.53. The van der Waals surface area contributed by atoms with Crippen LogP contribution >= 0.6 is 0 Å². The minimum atomic E-state index is -1.07. The first-order valence-corrected chi connectivity index (χ1v) is 12.8. The first-order chi connectivity index (χ1) is 18.5. The number of hydrogen-bond acceptors (Lipinski definition) is 6. The molecule has 1 heterocycles. The van der Waals surface area contributed by atoms with Crippen molar-refractivity contribution in [3.05, 3.63) is 84.1 Å². The molecule has 38 heavy (non-hydrogen) atoms. The molecule has 1 saturated carbocycles. The molecule has 0 saturated heterocycles. The second-order valence-corrected chi connectivity index (χ2v) is 9.06. The molecule has 2 aromatic carbocycles. The van der Waals surface area contributed by atoms with Crippen LogP contribution in [0.3, 0.4) is 0 Å². The predicted molar refractivity (Wildman–Crippen MR) is 149 cm³/mol. The van der Waals surface area contributed by atoms with Crippen molar-refractivity contribution in [1.82, 2.24) is 4.98 Å². The number of rotatable bonds is 8. The molecule has 0 spiro atoms. The van der Waals surface area contributed by atoms with E-state index in [1.165, 1.54) is 13.5 Å². The summed E-state index contributed by atoms with van der Waals surface area (Å²) in [5, 5.41) is 11.4. The highest BCUT2D eigenvalue weighted by atomic mass is 16.5. The summed E-state index contributed by atoms with van der Waals surface area (Å²) in [6.45, 7) is 2.34. The monoisotopic (exact) mass is 516 g/mol. The summed E-state index contributed by atoms with van der Waals surface area (Å²) in [6, 6.07) is 19.2. The number of anilines is 1. The summed E-state index contributed by atoms with van der Waals surface area (Å²) < 4.78 is 9.00. The van der Waals surface area contributed by atoms with Crippen molar-refractivity contribution < 1.29 is 24.2 Å². The number of amides is 1. The molecule has 1 N–H and O–H groups in total. The van der Waals surface area contributed by atoms with Gasteiger partial charge in [-0.25, -0.2) is 4.98 Å². The number of aliphatic hydroxyl groups excluding tert-OH is 1. The molecule has 1 aromatic heterocycles. The number of allylic oxidation sites excluding steroid dienone is 1. The number of aliphatic hydroxyl groups is 1. The Bertz CT molecular complexity index is 1190. The Hall–Kier alpha value is -3.97. The molecule has 0 bridgehead atoms. The third-order valence-electron chi connectivity index (χ3n) is 6.53. The number of aromatic nitrogens is 1. The first-order valence-electron chi connectivity index (χ1n) is 12.8. The minimum absolute atomic E-state index is 0.00624. The first kappa shape index (κ1) is 28.6. The summed E-state index contributed by atoms with van der Waals surface area (Å²) in [5.41, 5.74) is 4.31. The van der Waals surface area contributed by atoms with Crippen LogP contribution in [0.4, 0.5) is 5.69 Å². The van der Waals surface area contributed by atoms with E-state index in [0.29, 0.717) is 23.6 Å². The zero-order valence-corrected chi connectivity index (χ0v) is 22.2. The van der Waals surface area contributed by atoms with Crippen LogP contribution in [0.1, 0.15) is 56.4 Å². The van der Waals surface area contributed by atoms with Gasteiger partial charge in [0.05, 0.1) is 14.2 Å². The number of hydrogen-bond donors (Lipinski definition) is 1. The van der Waals surface area contributed by atoms with E-state index >= 15 is 0 Å². The molecule has 1 atom stereocenters. The van der Waals surface area contributed by atoms with E-state index in [2.05, 4.69) is 9.72 Å². The second-order valence-electron chi connectivity index (χ2n) is 9.06. The van der Waals surface area contributed by atoms with Crippen LogP contribution in [-0.2, 0) is 14.3 Å². The van der Waals surface area contributed by atoms with E-state index < -0.39 is 6.23 Å². The maximum Gasteiger partial charge on any atom is 0.292 e. The fourth-order valence-corrected chi connectivity index (χ4v) is 4.57. The summed E-state index contributed by atoms with van der Waals surface area (Å²) >= 11 is 0. The summed E-state index contributed by atoms with van der Waals surface area (Å²) in [4.78, 5) is 28.5. The fourth-order valence-electron chi connectivity index (χ4n) is 4.57. The quantitative estimate of drug-likeness (QED) is 0.284. The lowest BCUT2D eigenvalue weighted by atomic mass is 9.88. The Morgan fingerprint density at radius 1 is 1.03 bits per heavy atom. The highest BCUT2D eigenvalue weighted by Crippen LogP contribution is 2.33. The Kier molecular flexibility index (Phi) is 11.1. The van der Waals surface area contributed by atoms with Crippen LogP contribution in [0.25, 0.3) is 17.2 Å². The number of carbonyl (C=O) groups excluding carboxylic acids is 2. The molecular weight excluding hydrogens is 480 g/mol. The Morgan fingerprint density at radius 2 is 1.71 bits per heavy atom. The van der Waals surface area contributed by atoms with Gasteiger partial charge < -0.3 is 14.6 Å². The van der Waals surface area contributed by atoms with E-state index in [1.807, 2.05) is 79.7 Å². The average molecular weight is 517 g/mol. The minimum Gasteiger partial charge on any atom is -0.481 e. The maximum absolute atomic E-state index is 13.7. The van der Waals surface area contributed by atoms with Crippen molar-refractivity contribution in [2.24, 2.45) is 5.92 Å². The normalized spacial score (nSPS) is 14.2. The van der Waals surface area contributed by atoms with Crippen molar-refractivity contribution in [3.63, 3.8) is 0 Å². The van der Waals surface area contributed by atoms with Gasteiger partial charge in [0, 0.05) is 35.0 Å². The summed E-state index contributed by atoms with van der Waals surface area (Å²) in [6.07, 6.45) is 9.69. The van der Waals surface area contributed by atoms with Crippen molar-refractivity contribution in [3.8, 4) is 17.0 Å². The zero-order chi connectivity index (χ0) is 27.3. The van der Waals surface area contributed by atoms with Gasteiger partial charge in [0.2, 0.25) is 11.8 Å². The molecular formula is C31H36N2O5. The summed E-state index contributed by atoms with van der Waals surface area (Å²) in [7, 11) is 2.90. The van der Waals surface area contributed by atoms with Gasteiger partial charge in [-0.3, -0.25) is 14.5 Å². The Labute approximate surface area is 224 Å². The Morgan fingerprint density at radius 3 is 2.29 bits per heavy atom. The van der Waals surface area contributed by atoms with Gasteiger partial charge in [0.25, 0.3) is 6.47 Å². The van der Waals surface area contributed by atoms with E-state index in [4.69, 9.17) is 9.53 Å². The number of carbonyl (C=O) groups is 2. The van der Waals surface area contributed by atoms with E-state index in [-0.39, 0.29) is 11.8 Å². The van der Waals surface area contributed by atoms with Gasteiger partial charge in [0.15, 0.2) is 6.23 Å². The van der Waals surface area contributed by atoms with Crippen molar-refractivity contribution in [2.75, 3.05) is 19.1 Å². The largest absolute Gasteiger partial charge is 0.481 e. The number of methoxy groups -OCH3 is 2. The van der Waals surface area contributed by atoms with Gasteiger partial charge in [-0.15, -0.1) is 0 Å². The number of benzene rings is 2. The van der Waals surface area contributed by atoms with Crippen molar-refractivity contribution in [1.29, 1.82) is 0 Å². The molecule has 1 aliphatic rings. The molecule has 1 amide bonds. The highest BCUT2D eigenvalue weighted by molar-refractivity contribution is 5.96. The van der Waals surface area contributed by atoms with E-state index in [9.17, 15) is 9.90 Å². The standard InChI is InChI=1S/C29H32N2O3.C2H4O2/c1-3-8-21-9-7-12-26(19-21)31(28(32)23-10-5-4-6-11-23)29(33)24-15-13-22(14-16-24)25-17-18-27(34-2)30-20-25;1-4-2-3/h3,7-9,12-20,23,29,33H,4-6,10-11H2,1-2H3;2H,1H3/b8-3+;. The highest BCUT2D eigenvalue weighted by Gasteiger charge is 2.31. The van der Waals surface area contributed by atoms with Gasteiger partial charge in [-0.05, 0) is 49.1 Å². The molecule has 1 aliphatic carbocycles. The van der Waals surface area contributed by atoms with Gasteiger partial charge >= 0.3 is 0 Å². The molecule has 200 valence electrons.